The van der Waals surface area contributed by atoms with Crippen molar-refractivity contribution in [3.05, 3.63) is 12.2 Å². The molecule has 1 aliphatic rings. The highest BCUT2D eigenvalue weighted by molar-refractivity contribution is 6.74. The van der Waals surface area contributed by atoms with Crippen LogP contribution in [0.25, 0.3) is 0 Å². The summed E-state index contributed by atoms with van der Waals surface area (Å²) in [5.74, 6) is -1.29. The first-order valence-corrected chi connectivity index (χ1v) is 25.8. The molecule has 0 aliphatic carbocycles. The van der Waals surface area contributed by atoms with Crippen molar-refractivity contribution in [2.24, 2.45) is 0 Å². The van der Waals surface area contributed by atoms with Crippen LogP contribution >= 0.6 is 0 Å². The molecule has 0 N–H and O–H groups in total. The lowest BCUT2D eigenvalue weighted by molar-refractivity contribution is -0.197. The summed E-state index contributed by atoms with van der Waals surface area (Å²) in [4.78, 5) is 39.7. The first kappa shape index (κ1) is 49.5. The van der Waals surface area contributed by atoms with E-state index in [0.29, 0.717) is 10.1 Å². The molecule has 310 valence electrons. The van der Waals surface area contributed by atoms with Crippen molar-refractivity contribution in [3.8, 4) is 0 Å². The molecular weight excluding hydrogens is 675 g/mol. The first-order chi connectivity index (χ1) is 25.5. The van der Waals surface area contributed by atoms with Gasteiger partial charge < -0.3 is 9.26 Å². The Balaban J connectivity index is 1.68. The predicted octanol–water partition coefficient (Wildman–Crippen LogP) is 14.7. The topological polar surface area (TPSA) is 72.9 Å². The molecule has 7 heteroatoms. The van der Waals surface area contributed by atoms with Crippen molar-refractivity contribution in [2.45, 2.75) is 257 Å². The minimum absolute atomic E-state index is 0.142. The molecule has 1 saturated heterocycles. The van der Waals surface area contributed by atoms with Gasteiger partial charge in [-0.25, -0.2) is 4.79 Å². The summed E-state index contributed by atoms with van der Waals surface area (Å²) < 4.78 is 6.29. The maximum absolute atomic E-state index is 11.8. The number of hydrogen-bond donors (Lipinski definition) is 0. The predicted molar refractivity (Wildman–Crippen MR) is 227 cm³/mol. The Hall–Kier alpha value is -1.47. The number of hydrogen-bond acceptors (Lipinski definition) is 5. The Morgan fingerprint density at radius 1 is 0.528 bits per heavy atom. The van der Waals surface area contributed by atoms with Crippen molar-refractivity contribution >= 4 is 26.1 Å². The van der Waals surface area contributed by atoms with E-state index >= 15 is 0 Å². The molecule has 0 unspecified atom stereocenters. The average Bonchev–Trinajstić information content (AvgIpc) is 3.43. The summed E-state index contributed by atoms with van der Waals surface area (Å²) in [6.07, 6.45) is 46.7. The number of unbranched alkanes of at least 4 members (excludes halogenated alkanes) is 29. The van der Waals surface area contributed by atoms with Crippen LogP contribution in [0.4, 0.5) is 0 Å². The zero-order valence-corrected chi connectivity index (χ0v) is 36.9. The monoisotopic (exact) mass is 762 g/mol. The van der Waals surface area contributed by atoms with Gasteiger partial charge in [0.05, 0.1) is 0 Å². The van der Waals surface area contributed by atoms with Crippen molar-refractivity contribution in [2.75, 3.05) is 6.61 Å². The number of hydroxylamine groups is 2. The lowest BCUT2D eigenvalue weighted by Crippen LogP contribution is -2.40. The van der Waals surface area contributed by atoms with Crippen molar-refractivity contribution in [3.63, 3.8) is 0 Å². The van der Waals surface area contributed by atoms with Crippen molar-refractivity contribution in [1.29, 1.82) is 0 Å². The third-order valence-electron chi connectivity index (χ3n) is 11.7. The second-order valence-electron chi connectivity index (χ2n) is 17.7. The van der Waals surface area contributed by atoms with Gasteiger partial charge >= 0.3 is 5.97 Å². The van der Waals surface area contributed by atoms with Crippen LogP contribution in [0.15, 0.2) is 12.2 Å². The Bertz CT molecular complexity index is 927. The fourth-order valence-electron chi connectivity index (χ4n) is 6.90. The molecular formula is C46H87NO5Si. The molecule has 1 fully saturated rings. The van der Waals surface area contributed by atoms with Gasteiger partial charge in [-0.3, -0.25) is 9.59 Å². The van der Waals surface area contributed by atoms with Crippen LogP contribution in [0.5, 0.6) is 0 Å². The normalized spacial score (nSPS) is 13.9. The molecule has 0 aromatic heterocycles. The number of amides is 2. The van der Waals surface area contributed by atoms with E-state index in [1.807, 2.05) is 0 Å². The fourth-order valence-corrected chi connectivity index (χ4v) is 7.99. The van der Waals surface area contributed by atoms with Gasteiger partial charge in [-0.15, -0.1) is 5.06 Å². The number of carbonyl (C=O) groups excluding carboxylic acids is 3. The van der Waals surface area contributed by atoms with E-state index < -0.39 is 26.1 Å². The minimum atomic E-state index is -1.55. The van der Waals surface area contributed by atoms with E-state index in [1.54, 1.807) is 0 Å². The number of nitrogens with zero attached hydrogens (tertiary/aromatic N) is 1. The van der Waals surface area contributed by atoms with Gasteiger partial charge in [0.2, 0.25) is 0 Å². The maximum atomic E-state index is 11.8. The van der Waals surface area contributed by atoms with Crippen LogP contribution < -0.4 is 0 Å². The molecule has 0 aromatic rings. The molecule has 2 amide bonds. The van der Waals surface area contributed by atoms with E-state index in [2.05, 4.69) is 46.0 Å². The summed E-state index contributed by atoms with van der Waals surface area (Å²) in [7, 11) is -1.55. The second kappa shape index (κ2) is 32.7. The van der Waals surface area contributed by atoms with E-state index in [0.717, 1.165) is 25.9 Å². The molecule has 0 bridgehead atoms. The largest absolute Gasteiger partial charge is 0.417 e. The van der Waals surface area contributed by atoms with Crippen molar-refractivity contribution < 1.29 is 23.6 Å². The highest BCUT2D eigenvalue weighted by Crippen LogP contribution is 2.36. The molecule has 6 nitrogen and oxygen atoms in total. The smallest absolute Gasteiger partial charge is 0.333 e. The van der Waals surface area contributed by atoms with Gasteiger partial charge in [0, 0.05) is 25.9 Å². The van der Waals surface area contributed by atoms with Gasteiger partial charge in [0.15, 0.2) is 8.32 Å². The number of carbonyl (C=O) groups is 3. The molecule has 0 spiro atoms. The van der Waals surface area contributed by atoms with Crippen LogP contribution in [-0.2, 0) is 23.6 Å². The molecule has 1 heterocycles. The third-order valence-corrected chi connectivity index (χ3v) is 16.2. The second-order valence-corrected chi connectivity index (χ2v) is 22.5. The molecule has 0 atom stereocenters. The Labute approximate surface area is 329 Å². The Morgan fingerprint density at radius 3 is 1.17 bits per heavy atom. The van der Waals surface area contributed by atoms with Gasteiger partial charge in [0.25, 0.3) is 11.8 Å². The molecule has 0 saturated carbocycles. The third kappa shape index (κ3) is 28.6. The number of imide groups is 1. The standard InChI is InChI=1S/C46H87NO5Si/c1-46(2,3)53(4,5)51-42-38-36-34-32-30-28-26-24-22-20-18-16-14-12-10-8-6-7-9-11-13-15-17-19-21-23-25-27-29-31-33-35-37-39-45(50)52-47-43(48)40-41-44(47)49/h22,24H,6-21,23,25-42H2,1-5H3/b24-22-. The minimum Gasteiger partial charge on any atom is -0.417 e. The van der Waals surface area contributed by atoms with Crippen LogP contribution in [0.2, 0.25) is 18.1 Å². The summed E-state index contributed by atoms with van der Waals surface area (Å²) in [6.45, 7) is 12.6. The fraction of sp³-hybridized carbons (Fsp3) is 0.891. The van der Waals surface area contributed by atoms with Gasteiger partial charge in [-0.05, 0) is 56.7 Å². The van der Waals surface area contributed by atoms with E-state index in [-0.39, 0.29) is 19.3 Å². The lowest BCUT2D eigenvalue weighted by atomic mass is 10.0. The van der Waals surface area contributed by atoms with Crippen LogP contribution in [0.3, 0.4) is 0 Å². The summed E-state index contributed by atoms with van der Waals surface area (Å²) >= 11 is 0. The average molecular weight is 762 g/mol. The number of rotatable bonds is 37. The Morgan fingerprint density at radius 2 is 0.830 bits per heavy atom. The zero-order chi connectivity index (χ0) is 38.9. The van der Waals surface area contributed by atoms with E-state index in [1.165, 1.54) is 180 Å². The molecule has 1 aliphatic heterocycles. The van der Waals surface area contributed by atoms with Gasteiger partial charge in [-0.1, -0.05) is 193 Å². The summed E-state index contributed by atoms with van der Waals surface area (Å²) in [6, 6.07) is 0. The summed E-state index contributed by atoms with van der Waals surface area (Å²) in [5, 5.41) is 0.970. The highest BCUT2D eigenvalue weighted by atomic mass is 28.4. The highest BCUT2D eigenvalue weighted by Gasteiger charge is 2.36. The summed E-state index contributed by atoms with van der Waals surface area (Å²) in [5.41, 5.74) is 0. The molecule has 0 aromatic carbocycles. The Kier molecular flexibility index (Phi) is 30.6. The SMILES string of the molecule is CC(C)(C)[Si](C)(C)OCCCCCCCC/C=C\CCCCCCCCCCCCCCCCCCCCCCCCCC(=O)ON1C(=O)CCC1=O. The molecule has 1 rings (SSSR count). The quantitative estimate of drug-likeness (QED) is 0.0273. The molecule has 0 radical (unpaired) electrons. The van der Waals surface area contributed by atoms with Crippen LogP contribution in [0.1, 0.15) is 239 Å². The molecule has 53 heavy (non-hydrogen) atoms. The van der Waals surface area contributed by atoms with Crippen molar-refractivity contribution in [1.82, 2.24) is 5.06 Å². The number of allylic oxidation sites excluding steroid dienone is 2. The van der Waals surface area contributed by atoms with Gasteiger partial charge in [0.1, 0.15) is 0 Å². The van der Waals surface area contributed by atoms with Gasteiger partial charge in [-0.2, -0.15) is 0 Å². The maximum Gasteiger partial charge on any atom is 0.333 e. The van der Waals surface area contributed by atoms with Crippen LogP contribution in [-0.4, -0.2) is 37.8 Å². The lowest BCUT2D eigenvalue weighted by Gasteiger charge is -2.36. The van der Waals surface area contributed by atoms with E-state index in [9.17, 15) is 14.4 Å². The zero-order valence-electron chi connectivity index (χ0n) is 35.9. The van der Waals surface area contributed by atoms with Crippen LogP contribution in [0, 0.1) is 0 Å². The van der Waals surface area contributed by atoms with E-state index in [4.69, 9.17) is 9.26 Å². The first-order valence-electron chi connectivity index (χ1n) is 22.9.